The van der Waals surface area contributed by atoms with Gasteiger partial charge in [-0.15, -0.1) is 0 Å². The molecule has 1 aliphatic rings. The van der Waals surface area contributed by atoms with Crippen LogP contribution >= 0.6 is 15.9 Å². The molecule has 1 fully saturated rings. The molecule has 0 radical (unpaired) electrons. The van der Waals surface area contributed by atoms with Crippen LogP contribution in [0.2, 0.25) is 0 Å². The average Bonchev–Trinajstić information content (AvgIpc) is 2.54. The highest BCUT2D eigenvalue weighted by molar-refractivity contribution is 9.10. The number of rotatable bonds is 3. The lowest BCUT2D eigenvalue weighted by Gasteiger charge is -2.39. The van der Waals surface area contributed by atoms with E-state index in [1.54, 1.807) is 0 Å². The van der Waals surface area contributed by atoms with Crippen LogP contribution in [0.5, 0.6) is 0 Å². The molecule has 0 saturated carbocycles. The van der Waals surface area contributed by atoms with Crippen molar-refractivity contribution in [1.82, 2.24) is 4.90 Å². The molecule has 3 rings (SSSR count). The van der Waals surface area contributed by atoms with Crippen LogP contribution in [0.25, 0.3) is 0 Å². The minimum atomic E-state index is -0.0994. The first-order chi connectivity index (χ1) is 10.6. The second-order valence-corrected chi connectivity index (χ2v) is 6.51. The number of piperazine rings is 1. The molecule has 1 aliphatic heterocycles. The monoisotopic (exact) mass is 358 g/mol. The highest BCUT2D eigenvalue weighted by Gasteiger charge is 2.31. The number of carbonyl (C=O) groups is 1. The van der Waals surface area contributed by atoms with Gasteiger partial charge < -0.3 is 4.90 Å². The van der Waals surface area contributed by atoms with Crippen LogP contribution in [0.3, 0.4) is 0 Å². The second kappa shape index (κ2) is 6.63. The van der Waals surface area contributed by atoms with Crippen molar-refractivity contribution in [2.75, 3.05) is 18.0 Å². The molecule has 114 valence electrons. The molecule has 0 aliphatic carbocycles. The molecule has 0 N–H and O–H groups in total. The minimum absolute atomic E-state index is 0.0994. The summed E-state index contributed by atoms with van der Waals surface area (Å²) in [6.45, 7) is 4.44. The average molecular weight is 359 g/mol. The first-order valence-electron chi connectivity index (χ1n) is 7.50. The number of halogens is 1. The molecule has 0 aromatic heterocycles. The van der Waals surface area contributed by atoms with E-state index >= 15 is 0 Å². The topological polar surface area (TPSA) is 23.6 Å². The SMILES string of the molecule is C[C@H]1C(=O)N(c2ccc(Br)cc2)CCN1Cc1ccccc1. The Labute approximate surface area is 139 Å². The van der Waals surface area contributed by atoms with Crippen molar-refractivity contribution in [1.29, 1.82) is 0 Å². The molecule has 1 heterocycles. The van der Waals surface area contributed by atoms with Crippen molar-refractivity contribution in [3.8, 4) is 0 Å². The Balaban J connectivity index is 1.72. The van der Waals surface area contributed by atoms with Crippen LogP contribution in [-0.4, -0.2) is 29.9 Å². The summed E-state index contributed by atoms with van der Waals surface area (Å²) in [6.07, 6.45) is 0. The lowest BCUT2D eigenvalue weighted by atomic mass is 10.1. The summed E-state index contributed by atoms with van der Waals surface area (Å²) >= 11 is 3.43. The van der Waals surface area contributed by atoms with Crippen LogP contribution in [0.1, 0.15) is 12.5 Å². The van der Waals surface area contributed by atoms with Gasteiger partial charge in [-0.25, -0.2) is 0 Å². The van der Waals surface area contributed by atoms with Gasteiger partial charge in [-0.05, 0) is 36.8 Å². The van der Waals surface area contributed by atoms with Gasteiger partial charge in [-0.3, -0.25) is 9.69 Å². The molecule has 3 nitrogen and oxygen atoms in total. The molecule has 1 atom stereocenters. The summed E-state index contributed by atoms with van der Waals surface area (Å²) < 4.78 is 1.03. The zero-order valence-electron chi connectivity index (χ0n) is 12.6. The predicted octanol–water partition coefficient (Wildman–Crippen LogP) is 3.69. The van der Waals surface area contributed by atoms with Crippen LogP contribution in [0, 0.1) is 0 Å². The fourth-order valence-corrected chi connectivity index (χ4v) is 3.09. The van der Waals surface area contributed by atoms with Crippen molar-refractivity contribution >= 4 is 27.5 Å². The first-order valence-corrected chi connectivity index (χ1v) is 8.29. The quantitative estimate of drug-likeness (QED) is 0.835. The van der Waals surface area contributed by atoms with Gasteiger partial charge in [0, 0.05) is 29.8 Å². The molecular weight excluding hydrogens is 340 g/mol. The van der Waals surface area contributed by atoms with E-state index < -0.39 is 0 Å². The number of hydrogen-bond acceptors (Lipinski definition) is 2. The fourth-order valence-electron chi connectivity index (χ4n) is 2.83. The summed E-state index contributed by atoms with van der Waals surface area (Å²) in [5.41, 5.74) is 2.22. The molecular formula is C18H19BrN2O. The van der Waals surface area contributed by atoms with Crippen molar-refractivity contribution in [2.45, 2.75) is 19.5 Å². The van der Waals surface area contributed by atoms with Gasteiger partial charge in [-0.1, -0.05) is 46.3 Å². The van der Waals surface area contributed by atoms with E-state index in [0.717, 1.165) is 29.8 Å². The molecule has 1 amide bonds. The highest BCUT2D eigenvalue weighted by atomic mass is 79.9. The summed E-state index contributed by atoms with van der Waals surface area (Å²) in [4.78, 5) is 16.8. The summed E-state index contributed by atoms with van der Waals surface area (Å²) in [7, 11) is 0. The second-order valence-electron chi connectivity index (χ2n) is 5.60. The van der Waals surface area contributed by atoms with E-state index in [4.69, 9.17) is 0 Å². The van der Waals surface area contributed by atoms with E-state index in [1.807, 2.05) is 54.3 Å². The Morgan fingerprint density at radius 2 is 1.73 bits per heavy atom. The van der Waals surface area contributed by atoms with E-state index in [9.17, 15) is 4.79 Å². The third-order valence-corrected chi connectivity index (χ3v) is 4.68. The molecule has 4 heteroatoms. The fraction of sp³-hybridized carbons (Fsp3) is 0.278. The molecule has 22 heavy (non-hydrogen) atoms. The number of carbonyl (C=O) groups excluding carboxylic acids is 1. The lowest BCUT2D eigenvalue weighted by Crippen LogP contribution is -2.55. The Hall–Kier alpha value is -1.65. The first kappa shape index (κ1) is 15.3. The minimum Gasteiger partial charge on any atom is -0.310 e. The summed E-state index contributed by atoms with van der Waals surface area (Å²) in [6, 6.07) is 18.1. The highest BCUT2D eigenvalue weighted by Crippen LogP contribution is 2.23. The molecule has 0 bridgehead atoms. The van der Waals surface area contributed by atoms with Gasteiger partial charge in [0.15, 0.2) is 0 Å². The van der Waals surface area contributed by atoms with Crippen LogP contribution in [0.4, 0.5) is 5.69 Å². The maximum absolute atomic E-state index is 12.7. The van der Waals surface area contributed by atoms with Crippen LogP contribution in [-0.2, 0) is 11.3 Å². The van der Waals surface area contributed by atoms with Crippen molar-refractivity contribution in [2.24, 2.45) is 0 Å². The van der Waals surface area contributed by atoms with Gasteiger partial charge in [0.1, 0.15) is 0 Å². The Kier molecular flexibility index (Phi) is 4.60. The van der Waals surface area contributed by atoms with E-state index in [-0.39, 0.29) is 11.9 Å². The van der Waals surface area contributed by atoms with E-state index in [2.05, 4.69) is 33.0 Å². The summed E-state index contributed by atoms with van der Waals surface area (Å²) in [5, 5.41) is 0. The summed E-state index contributed by atoms with van der Waals surface area (Å²) in [5.74, 6) is 0.171. The van der Waals surface area contributed by atoms with Gasteiger partial charge in [0.2, 0.25) is 5.91 Å². The predicted molar refractivity (Wildman–Crippen MR) is 92.8 cm³/mol. The van der Waals surface area contributed by atoms with Crippen molar-refractivity contribution in [3.63, 3.8) is 0 Å². The van der Waals surface area contributed by atoms with E-state index in [1.165, 1.54) is 5.56 Å². The maximum Gasteiger partial charge on any atom is 0.244 e. The van der Waals surface area contributed by atoms with Crippen molar-refractivity contribution < 1.29 is 4.79 Å². The molecule has 1 saturated heterocycles. The normalized spacial score (nSPS) is 19.5. The Bertz CT molecular complexity index is 642. The molecule has 2 aromatic carbocycles. The third kappa shape index (κ3) is 3.23. The molecule has 0 unspecified atom stereocenters. The molecule has 0 spiro atoms. The number of benzene rings is 2. The van der Waals surface area contributed by atoms with Gasteiger partial charge in [0.05, 0.1) is 6.04 Å². The number of anilines is 1. The van der Waals surface area contributed by atoms with E-state index in [0.29, 0.717) is 0 Å². The zero-order chi connectivity index (χ0) is 15.5. The maximum atomic E-state index is 12.7. The van der Waals surface area contributed by atoms with Gasteiger partial charge in [0.25, 0.3) is 0 Å². The lowest BCUT2D eigenvalue weighted by molar-refractivity contribution is -0.125. The Morgan fingerprint density at radius 1 is 1.05 bits per heavy atom. The largest absolute Gasteiger partial charge is 0.310 e. The standard InChI is InChI=1S/C18H19BrN2O/c1-14-18(22)21(17-9-7-16(19)8-10-17)12-11-20(14)13-15-5-3-2-4-6-15/h2-10,14H,11-13H2,1H3/t14-/m0/s1. The zero-order valence-corrected chi connectivity index (χ0v) is 14.2. The third-order valence-electron chi connectivity index (χ3n) is 4.15. The number of amides is 1. The van der Waals surface area contributed by atoms with Gasteiger partial charge >= 0.3 is 0 Å². The Morgan fingerprint density at radius 3 is 2.41 bits per heavy atom. The van der Waals surface area contributed by atoms with Crippen LogP contribution in [0.15, 0.2) is 59.1 Å². The number of hydrogen-bond donors (Lipinski definition) is 0. The number of nitrogens with zero attached hydrogens (tertiary/aromatic N) is 2. The smallest absolute Gasteiger partial charge is 0.244 e. The molecule has 2 aromatic rings. The van der Waals surface area contributed by atoms with Gasteiger partial charge in [-0.2, -0.15) is 0 Å². The van der Waals surface area contributed by atoms with Crippen molar-refractivity contribution in [3.05, 3.63) is 64.6 Å². The van der Waals surface area contributed by atoms with Crippen LogP contribution < -0.4 is 4.90 Å².